The molecule has 0 aliphatic heterocycles. The van der Waals surface area contributed by atoms with Crippen LogP contribution < -0.4 is 0 Å². The van der Waals surface area contributed by atoms with E-state index in [4.69, 9.17) is 0 Å². The van der Waals surface area contributed by atoms with E-state index in [9.17, 15) is 0 Å². The standard InChI is InChI=1S/C9H4Br2N4S3/c10-5-6(11)17-9(12-5)18-8-13-7(14-15-8)4-2-1-3-16-4/h1-3H,(H,13,14,15). The number of aromatic nitrogens is 4. The van der Waals surface area contributed by atoms with Crippen molar-refractivity contribution in [1.29, 1.82) is 0 Å². The maximum Gasteiger partial charge on any atom is 0.215 e. The van der Waals surface area contributed by atoms with Crippen molar-refractivity contribution < 1.29 is 0 Å². The van der Waals surface area contributed by atoms with Gasteiger partial charge in [0.1, 0.15) is 8.39 Å². The lowest BCUT2D eigenvalue weighted by Gasteiger charge is -1.87. The van der Waals surface area contributed by atoms with Crippen LogP contribution >= 0.6 is 66.3 Å². The van der Waals surface area contributed by atoms with Gasteiger partial charge in [0.15, 0.2) is 10.2 Å². The number of rotatable bonds is 3. The third-order valence-corrected chi connectivity index (χ3v) is 6.80. The number of halogens is 2. The van der Waals surface area contributed by atoms with Crippen molar-refractivity contribution >= 4 is 66.3 Å². The van der Waals surface area contributed by atoms with E-state index < -0.39 is 0 Å². The number of thiophene rings is 1. The molecule has 3 heterocycles. The van der Waals surface area contributed by atoms with E-state index >= 15 is 0 Å². The zero-order valence-corrected chi connectivity index (χ0v) is 14.2. The van der Waals surface area contributed by atoms with Crippen LogP contribution in [0.25, 0.3) is 10.7 Å². The number of hydrogen-bond donors (Lipinski definition) is 1. The number of nitrogens with zero attached hydrogens (tertiary/aromatic N) is 3. The number of H-pyrrole nitrogens is 1. The first-order valence-corrected chi connectivity index (χ1v) is 8.78. The van der Waals surface area contributed by atoms with Crippen molar-refractivity contribution in [3.8, 4) is 10.7 Å². The Balaban J connectivity index is 1.82. The average molecular weight is 424 g/mol. The molecule has 0 saturated heterocycles. The van der Waals surface area contributed by atoms with Crippen LogP contribution in [0.4, 0.5) is 0 Å². The second kappa shape index (κ2) is 5.41. The van der Waals surface area contributed by atoms with Crippen molar-refractivity contribution in [2.45, 2.75) is 9.50 Å². The lowest BCUT2D eigenvalue weighted by Crippen LogP contribution is -1.75. The Morgan fingerprint density at radius 2 is 2.17 bits per heavy atom. The molecule has 1 N–H and O–H groups in total. The maximum atomic E-state index is 4.43. The summed E-state index contributed by atoms with van der Waals surface area (Å²) in [6.07, 6.45) is 0. The third kappa shape index (κ3) is 2.69. The maximum absolute atomic E-state index is 4.43. The molecule has 0 bridgehead atoms. The Labute approximate surface area is 132 Å². The monoisotopic (exact) mass is 422 g/mol. The molecule has 0 aliphatic rings. The Bertz CT molecular complexity index is 642. The topological polar surface area (TPSA) is 54.5 Å². The second-order valence-corrected chi connectivity index (χ2v) is 8.32. The largest absolute Gasteiger partial charge is 0.257 e. The van der Waals surface area contributed by atoms with E-state index in [2.05, 4.69) is 52.0 Å². The lowest BCUT2D eigenvalue weighted by molar-refractivity contribution is 0.972. The van der Waals surface area contributed by atoms with Gasteiger partial charge in [-0.25, -0.2) is 9.97 Å². The Morgan fingerprint density at radius 3 is 2.83 bits per heavy atom. The van der Waals surface area contributed by atoms with Crippen molar-refractivity contribution in [3.05, 3.63) is 25.9 Å². The van der Waals surface area contributed by atoms with E-state index in [1.54, 1.807) is 22.7 Å². The molecule has 3 aromatic rings. The summed E-state index contributed by atoms with van der Waals surface area (Å²) in [7, 11) is 0. The van der Waals surface area contributed by atoms with Crippen molar-refractivity contribution in [2.75, 3.05) is 0 Å². The van der Waals surface area contributed by atoms with Crippen LogP contribution in [0.15, 0.2) is 35.4 Å². The molecule has 0 unspecified atom stereocenters. The molecule has 0 saturated carbocycles. The van der Waals surface area contributed by atoms with Gasteiger partial charge in [-0.2, -0.15) is 0 Å². The van der Waals surface area contributed by atoms with Crippen molar-refractivity contribution in [3.63, 3.8) is 0 Å². The van der Waals surface area contributed by atoms with E-state index in [1.165, 1.54) is 11.8 Å². The summed E-state index contributed by atoms with van der Waals surface area (Å²) in [6, 6.07) is 4.00. The predicted molar refractivity (Wildman–Crippen MR) is 81.3 cm³/mol. The Morgan fingerprint density at radius 1 is 1.28 bits per heavy atom. The summed E-state index contributed by atoms with van der Waals surface area (Å²) in [4.78, 5) is 9.85. The normalized spacial score (nSPS) is 11.0. The Kier molecular flexibility index (Phi) is 3.85. The highest BCUT2D eigenvalue weighted by Gasteiger charge is 2.12. The number of thiazole rings is 1. The molecule has 0 spiro atoms. The van der Waals surface area contributed by atoms with Gasteiger partial charge in [-0.05, 0) is 55.1 Å². The summed E-state index contributed by atoms with van der Waals surface area (Å²) < 4.78 is 2.67. The van der Waals surface area contributed by atoms with Gasteiger partial charge in [-0.3, -0.25) is 5.10 Å². The minimum absolute atomic E-state index is 0.673. The molecule has 0 atom stereocenters. The van der Waals surface area contributed by atoms with E-state index in [-0.39, 0.29) is 0 Å². The summed E-state index contributed by atoms with van der Waals surface area (Å²) in [5.74, 6) is 0.794. The molecule has 0 amide bonds. The van der Waals surface area contributed by atoms with Crippen LogP contribution in [0.2, 0.25) is 0 Å². The Hall–Kier alpha value is -0.220. The molecule has 18 heavy (non-hydrogen) atoms. The van der Waals surface area contributed by atoms with Crippen LogP contribution in [0.3, 0.4) is 0 Å². The quantitative estimate of drug-likeness (QED) is 0.665. The first-order chi connectivity index (χ1) is 8.72. The molecule has 4 nitrogen and oxygen atoms in total. The summed E-state index contributed by atoms with van der Waals surface area (Å²) in [5.41, 5.74) is 0. The smallest absolute Gasteiger partial charge is 0.215 e. The minimum Gasteiger partial charge on any atom is -0.257 e. The average Bonchev–Trinajstić information content (AvgIpc) is 3.02. The highest BCUT2D eigenvalue weighted by Crippen LogP contribution is 2.37. The fourth-order valence-corrected chi connectivity index (χ4v) is 4.97. The summed E-state index contributed by atoms with van der Waals surface area (Å²) in [6.45, 7) is 0. The molecule has 92 valence electrons. The zero-order valence-electron chi connectivity index (χ0n) is 8.55. The molecule has 3 aromatic heterocycles. The van der Waals surface area contributed by atoms with Crippen molar-refractivity contribution in [2.24, 2.45) is 0 Å². The van der Waals surface area contributed by atoms with Gasteiger partial charge in [0.25, 0.3) is 0 Å². The summed E-state index contributed by atoms with van der Waals surface area (Å²) >= 11 is 11.4. The number of nitrogens with one attached hydrogen (secondary N) is 1. The number of aromatic amines is 1. The van der Waals surface area contributed by atoms with Crippen LogP contribution in [-0.2, 0) is 0 Å². The third-order valence-electron chi connectivity index (χ3n) is 1.93. The van der Waals surface area contributed by atoms with Gasteiger partial charge in [-0.15, -0.1) is 16.4 Å². The molecule has 0 radical (unpaired) electrons. The van der Waals surface area contributed by atoms with E-state index in [0.29, 0.717) is 5.16 Å². The van der Waals surface area contributed by atoms with Gasteiger partial charge in [0.05, 0.1) is 4.88 Å². The lowest BCUT2D eigenvalue weighted by atomic mass is 10.4. The SMILES string of the molecule is Brc1nc(Sc2n[nH]c(-c3cccs3)n2)sc1Br. The van der Waals surface area contributed by atoms with Crippen LogP contribution in [0.5, 0.6) is 0 Å². The molecule has 3 rings (SSSR count). The molecule has 9 heteroatoms. The van der Waals surface area contributed by atoms with Gasteiger partial charge < -0.3 is 0 Å². The van der Waals surface area contributed by atoms with Crippen LogP contribution in [0.1, 0.15) is 0 Å². The first kappa shape index (κ1) is 12.8. The molecular formula is C9H4Br2N4S3. The summed E-state index contributed by atoms with van der Waals surface area (Å²) in [5, 5.41) is 9.79. The number of hydrogen-bond acceptors (Lipinski definition) is 6. The molecule has 0 fully saturated rings. The highest BCUT2D eigenvalue weighted by molar-refractivity contribution is 9.13. The van der Waals surface area contributed by atoms with Gasteiger partial charge >= 0.3 is 0 Å². The zero-order chi connectivity index (χ0) is 12.5. The van der Waals surface area contributed by atoms with Gasteiger partial charge in [0.2, 0.25) is 5.16 Å². The molecule has 0 aromatic carbocycles. The molecular weight excluding hydrogens is 420 g/mol. The van der Waals surface area contributed by atoms with Crippen LogP contribution in [0, 0.1) is 0 Å². The fourth-order valence-electron chi connectivity index (χ4n) is 1.20. The molecule has 0 aliphatic carbocycles. The van der Waals surface area contributed by atoms with E-state index in [1.807, 2.05) is 17.5 Å². The predicted octanol–water partition coefficient (Wildman–Crippen LogP) is 4.67. The highest BCUT2D eigenvalue weighted by atomic mass is 79.9. The second-order valence-electron chi connectivity index (χ2n) is 3.09. The van der Waals surface area contributed by atoms with Gasteiger partial charge in [-0.1, -0.05) is 17.4 Å². The van der Waals surface area contributed by atoms with Crippen molar-refractivity contribution in [1.82, 2.24) is 20.2 Å². The van der Waals surface area contributed by atoms with Crippen LogP contribution in [-0.4, -0.2) is 20.2 Å². The minimum atomic E-state index is 0.673. The fraction of sp³-hybridized carbons (Fsp3) is 0. The first-order valence-electron chi connectivity index (χ1n) is 4.68. The van der Waals surface area contributed by atoms with E-state index in [0.717, 1.165) is 23.4 Å². The van der Waals surface area contributed by atoms with Gasteiger partial charge in [0, 0.05) is 0 Å².